The maximum absolute atomic E-state index is 12.3. The number of hydrogen-bond acceptors (Lipinski definition) is 8. The van der Waals surface area contributed by atoms with E-state index in [1.807, 2.05) is 27.7 Å². The van der Waals surface area contributed by atoms with Crippen molar-refractivity contribution >= 4 is 16.2 Å². The molecule has 1 aliphatic heterocycles. The highest BCUT2D eigenvalue weighted by atomic mass is 32.2. The summed E-state index contributed by atoms with van der Waals surface area (Å²) in [7, 11) is -3.57. The Hall–Kier alpha value is -1.94. The van der Waals surface area contributed by atoms with Gasteiger partial charge in [0.15, 0.2) is 5.82 Å². The number of amides is 1. The third-order valence-electron chi connectivity index (χ3n) is 3.83. The van der Waals surface area contributed by atoms with Crippen molar-refractivity contribution in [3.63, 3.8) is 0 Å². The van der Waals surface area contributed by atoms with Crippen molar-refractivity contribution in [1.82, 2.24) is 14.9 Å². The van der Waals surface area contributed by atoms with E-state index in [-0.39, 0.29) is 30.7 Å². The molecule has 1 fully saturated rings. The van der Waals surface area contributed by atoms with Crippen molar-refractivity contribution < 1.29 is 26.9 Å². The molecule has 0 aromatic carbocycles. The molecule has 0 unspecified atom stereocenters. The van der Waals surface area contributed by atoms with Crippen LogP contribution in [0.5, 0.6) is 5.88 Å². The zero-order valence-electron chi connectivity index (χ0n) is 16.3. The van der Waals surface area contributed by atoms with Crippen LogP contribution in [-0.2, 0) is 25.6 Å². The maximum Gasteiger partial charge on any atom is 0.410 e. The molecule has 2 rings (SSSR count). The second-order valence-electron chi connectivity index (χ2n) is 7.56. The van der Waals surface area contributed by atoms with Crippen LogP contribution in [0.4, 0.5) is 4.79 Å². The standard InChI is InChI=1S/C17H27N3O6S/c1-12-10-13(7-9-20(12)16(21)26-17(2,3)4)25-15-6-8-18-14(19-15)11-24-27(5,22)23/h6,8,12-13H,7,9-11H2,1-5H3/t12-,13-/m0/s1. The number of aromatic nitrogens is 2. The Kier molecular flexibility index (Phi) is 6.63. The van der Waals surface area contributed by atoms with Gasteiger partial charge in [-0.3, -0.25) is 4.18 Å². The van der Waals surface area contributed by atoms with Crippen LogP contribution >= 0.6 is 0 Å². The van der Waals surface area contributed by atoms with Gasteiger partial charge in [-0.1, -0.05) is 0 Å². The number of piperidine rings is 1. The van der Waals surface area contributed by atoms with Gasteiger partial charge < -0.3 is 14.4 Å². The number of carbonyl (C=O) groups excluding carboxylic acids is 1. The molecule has 1 saturated heterocycles. The lowest BCUT2D eigenvalue weighted by Gasteiger charge is -2.38. The van der Waals surface area contributed by atoms with Crippen molar-refractivity contribution in [2.75, 3.05) is 12.8 Å². The molecule has 1 aromatic heterocycles. The fourth-order valence-electron chi connectivity index (χ4n) is 2.67. The largest absolute Gasteiger partial charge is 0.474 e. The van der Waals surface area contributed by atoms with Gasteiger partial charge in [-0.05, 0) is 27.7 Å². The fourth-order valence-corrected chi connectivity index (χ4v) is 2.99. The average molecular weight is 401 g/mol. The minimum Gasteiger partial charge on any atom is -0.474 e. The lowest BCUT2D eigenvalue weighted by Crippen LogP contribution is -2.49. The summed E-state index contributed by atoms with van der Waals surface area (Å²) in [5.74, 6) is 0.567. The van der Waals surface area contributed by atoms with Gasteiger partial charge in [0.05, 0.1) is 6.26 Å². The van der Waals surface area contributed by atoms with Crippen LogP contribution in [0.15, 0.2) is 12.3 Å². The molecule has 27 heavy (non-hydrogen) atoms. The Balaban J connectivity index is 1.92. The first-order chi connectivity index (χ1) is 12.4. The first kappa shape index (κ1) is 21.4. The van der Waals surface area contributed by atoms with E-state index in [0.717, 1.165) is 6.26 Å². The van der Waals surface area contributed by atoms with Crippen molar-refractivity contribution in [2.45, 2.75) is 64.9 Å². The van der Waals surface area contributed by atoms with E-state index < -0.39 is 15.7 Å². The maximum atomic E-state index is 12.3. The Morgan fingerprint density at radius 3 is 2.67 bits per heavy atom. The summed E-state index contributed by atoms with van der Waals surface area (Å²) in [4.78, 5) is 22.1. The molecule has 0 radical (unpaired) electrons. The molecule has 2 heterocycles. The summed E-state index contributed by atoms with van der Waals surface area (Å²) in [6.45, 7) is 7.74. The Morgan fingerprint density at radius 2 is 2.07 bits per heavy atom. The first-order valence-corrected chi connectivity index (χ1v) is 10.6. The van der Waals surface area contributed by atoms with Gasteiger partial charge >= 0.3 is 6.09 Å². The van der Waals surface area contributed by atoms with Crippen molar-refractivity contribution in [2.24, 2.45) is 0 Å². The van der Waals surface area contributed by atoms with Crippen LogP contribution in [0.2, 0.25) is 0 Å². The minimum absolute atomic E-state index is 0.0338. The van der Waals surface area contributed by atoms with Gasteiger partial charge in [0.2, 0.25) is 5.88 Å². The fraction of sp³-hybridized carbons (Fsp3) is 0.706. The first-order valence-electron chi connectivity index (χ1n) is 8.75. The molecule has 1 aromatic rings. The van der Waals surface area contributed by atoms with E-state index >= 15 is 0 Å². The third kappa shape index (κ3) is 7.30. The van der Waals surface area contributed by atoms with Gasteiger partial charge in [-0.25, -0.2) is 9.78 Å². The Bertz CT molecular complexity index is 762. The van der Waals surface area contributed by atoms with E-state index in [4.69, 9.17) is 13.7 Å². The third-order valence-corrected chi connectivity index (χ3v) is 4.37. The summed E-state index contributed by atoms with van der Waals surface area (Å²) in [6, 6.07) is 1.57. The summed E-state index contributed by atoms with van der Waals surface area (Å²) < 4.78 is 38.1. The zero-order valence-corrected chi connectivity index (χ0v) is 17.2. The smallest absolute Gasteiger partial charge is 0.410 e. The van der Waals surface area contributed by atoms with Crippen LogP contribution < -0.4 is 4.74 Å². The molecule has 0 N–H and O–H groups in total. The van der Waals surface area contributed by atoms with Crippen LogP contribution in [0.3, 0.4) is 0 Å². The SMILES string of the molecule is C[C@H]1C[C@@H](Oc2ccnc(COS(C)(=O)=O)n2)CCN1C(=O)OC(C)(C)C. The monoisotopic (exact) mass is 401 g/mol. The van der Waals surface area contributed by atoms with Gasteiger partial charge in [0.1, 0.15) is 18.3 Å². The molecule has 10 heteroatoms. The van der Waals surface area contributed by atoms with Gasteiger partial charge in [0, 0.05) is 37.7 Å². The molecule has 0 aliphatic carbocycles. The number of rotatable bonds is 5. The van der Waals surface area contributed by atoms with Crippen LogP contribution in [0.25, 0.3) is 0 Å². The van der Waals surface area contributed by atoms with Crippen molar-refractivity contribution in [1.29, 1.82) is 0 Å². The quantitative estimate of drug-likeness (QED) is 0.691. The predicted molar refractivity (Wildman–Crippen MR) is 97.7 cm³/mol. The normalized spacial score (nSPS) is 21.0. The molecule has 0 saturated carbocycles. The summed E-state index contributed by atoms with van der Waals surface area (Å²) in [6.07, 6.45) is 3.30. The number of hydrogen-bond donors (Lipinski definition) is 0. The van der Waals surface area contributed by atoms with E-state index in [2.05, 4.69) is 9.97 Å². The lowest BCUT2D eigenvalue weighted by molar-refractivity contribution is -0.00157. The van der Waals surface area contributed by atoms with Gasteiger partial charge in [-0.15, -0.1) is 0 Å². The number of nitrogens with zero attached hydrogens (tertiary/aromatic N) is 3. The number of ether oxygens (including phenoxy) is 2. The van der Waals surface area contributed by atoms with Crippen molar-refractivity contribution in [3.8, 4) is 5.88 Å². The molecule has 9 nitrogen and oxygen atoms in total. The predicted octanol–water partition coefficient (Wildman–Crippen LogP) is 2.12. The van der Waals surface area contributed by atoms with Gasteiger partial charge in [0.25, 0.3) is 10.1 Å². The van der Waals surface area contributed by atoms with E-state index in [0.29, 0.717) is 25.3 Å². The molecule has 0 spiro atoms. The molecule has 2 atom stereocenters. The van der Waals surface area contributed by atoms with E-state index in [1.165, 1.54) is 6.20 Å². The van der Waals surface area contributed by atoms with Crippen LogP contribution in [0.1, 0.15) is 46.4 Å². The number of likely N-dealkylation sites (tertiary alicyclic amines) is 1. The van der Waals surface area contributed by atoms with Crippen molar-refractivity contribution in [3.05, 3.63) is 18.1 Å². The second kappa shape index (κ2) is 8.39. The highest BCUT2D eigenvalue weighted by molar-refractivity contribution is 7.85. The number of carbonyl (C=O) groups is 1. The van der Waals surface area contributed by atoms with Gasteiger partial charge in [-0.2, -0.15) is 13.4 Å². The molecular weight excluding hydrogens is 374 g/mol. The van der Waals surface area contributed by atoms with Crippen LogP contribution in [0, 0.1) is 0 Å². The highest BCUT2D eigenvalue weighted by Crippen LogP contribution is 2.23. The molecule has 1 aliphatic rings. The Labute approximate surface area is 160 Å². The summed E-state index contributed by atoms with van der Waals surface area (Å²) in [5, 5.41) is 0. The highest BCUT2D eigenvalue weighted by Gasteiger charge is 2.32. The van der Waals surface area contributed by atoms with Crippen LogP contribution in [-0.4, -0.2) is 59.9 Å². The lowest BCUT2D eigenvalue weighted by atomic mass is 10.0. The molecule has 1 amide bonds. The Morgan fingerprint density at radius 1 is 1.37 bits per heavy atom. The molecule has 0 bridgehead atoms. The molecular formula is C17H27N3O6S. The van der Waals surface area contributed by atoms with E-state index in [9.17, 15) is 13.2 Å². The topological polar surface area (TPSA) is 108 Å². The average Bonchev–Trinajstić information content (AvgIpc) is 2.51. The molecule has 152 valence electrons. The minimum atomic E-state index is -3.57. The second-order valence-corrected chi connectivity index (χ2v) is 9.21. The zero-order chi connectivity index (χ0) is 20.2. The summed E-state index contributed by atoms with van der Waals surface area (Å²) in [5.41, 5.74) is -0.532. The summed E-state index contributed by atoms with van der Waals surface area (Å²) >= 11 is 0. The van der Waals surface area contributed by atoms with E-state index in [1.54, 1.807) is 11.0 Å².